The number of nitrogens with one attached hydrogen (secondary N) is 2. The van der Waals surface area contributed by atoms with Crippen molar-refractivity contribution in [3.63, 3.8) is 0 Å². The van der Waals surface area contributed by atoms with E-state index in [0.717, 1.165) is 5.39 Å². The van der Waals surface area contributed by atoms with Crippen LogP contribution < -0.4 is 20.1 Å². The Labute approximate surface area is 177 Å². The average molecular weight is 418 g/mol. The first-order valence-electron chi connectivity index (χ1n) is 9.20. The first kappa shape index (κ1) is 19.8. The van der Waals surface area contributed by atoms with Gasteiger partial charge in [-0.05, 0) is 24.3 Å². The predicted octanol–water partition coefficient (Wildman–Crippen LogP) is 4.44. The van der Waals surface area contributed by atoms with Gasteiger partial charge in [0.2, 0.25) is 11.6 Å². The molecule has 2 aromatic carbocycles. The van der Waals surface area contributed by atoms with E-state index in [4.69, 9.17) is 9.47 Å². The molecule has 4 aromatic rings. The molecule has 0 saturated heterocycles. The fourth-order valence-electron chi connectivity index (χ4n) is 3.10. The zero-order valence-electron chi connectivity index (χ0n) is 16.7. The number of pyridine rings is 1. The van der Waals surface area contributed by atoms with E-state index in [9.17, 15) is 10.1 Å². The molecule has 4 rings (SSSR count). The highest BCUT2D eigenvalue weighted by Crippen LogP contribution is 2.37. The summed E-state index contributed by atoms with van der Waals surface area (Å²) >= 11 is 0. The second kappa shape index (κ2) is 8.49. The van der Waals surface area contributed by atoms with Crippen molar-refractivity contribution < 1.29 is 14.4 Å². The van der Waals surface area contributed by atoms with E-state index in [1.807, 2.05) is 24.3 Å². The lowest BCUT2D eigenvalue weighted by atomic mass is 10.2. The third-order valence-electron chi connectivity index (χ3n) is 4.55. The van der Waals surface area contributed by atoms with E-state index in [1.54, 1.807) is 30.5 Å². The summed E-state index contributed by atoms with van der Waals surface area (Å²) in [6, 6.07) is 14.3. The van der Waals surface area contributed by atoms with Gasteiger partial charge in [0, 0.05) is 17.6 Å². The fraction of sp³-hybridized carbons (Fsp3) is 0.0952. The molecular formula is C21H18N6O4. The minimum Gasteiger partial charge on any atom is -0.497 e. The molecule has 2 heterocycles. The van der Waals surface area contributed by atoms with Crippen LogP contribution in [0.25, 0.3) is 10.9 Å². The van der Waals surface area contributed by atoms with Gasteiger partial charge in [0.25, 0.3) is 0 Å². The van der Waals surface area contributed by atoms with Crippen molar-refractivity contribution in [2.75, 3.05) is 24.9 Å². The lowest BCUT2D eigenvalue weighted by Crippen LogP contribution is -2.06. The molecule has 2 aromatic heterocycles. The van der Waals surface area contributed by atoms with Crippen molar-refractivity contribution in [2.45, 2.75) is 0 Å². The van der Waals surface area contributed by atoms with Gasteiger partial charge in [-0.3, -0.25) is 15.1 Å². The molecule has 0 radical (unpaired) electrons. The molecular weight excluding hydrogens is 400 g/mol. The quantitative estimate of drug-likeness (QED) is 0.331. The van der Waals surface area contributed by atoms with Crippen molar-refractivity contribution in [1.29, 1.82) is 0 Å². The number of hydrogen-bond acceptors (Lipinski definition) is 9. The average Bonchev–Trinajstić information content (AvgIpc) is 2.79. The molecule has 0 saturated carbocycles. The molecule has 0 aliphatic carbocycles. The summed E-state index contributed by atoms with van der Waals surface area (Å²) in [5.41, 5.74) is 1.44. The van der Waals surface area contributed by atoms with Crippen molar-refractivity contribution in [1.82, 2.24) is 15.0 Å². The molecule has 0 atom stereocenters. The van der Waals surface area contributed by atoms with Gasteiger partial charge in [-0.25, -0.2) is 9.97 Å². The minimum atomic E-state index is -0.542. The molecule has 0 aliphatic rings. The first-order chi connectivity index (χ1) is 15.1. The van der Waals surface area contributed by atoms with Gasteiger partial charge >= 0.3 is 5.69 Å². The van der Waals surface area contributed by atoms with Gasteiger partial charge in [-0.2, -0.15) is 0 Å². The van der Waals surface area contributed by atoms with Crippen molar-refractivity contribution in [2.24, 2.45) is 0 Å². The summed E-state index contributed by atoms with van der Waals surface area (Å²) in [4.78, 5) is 23.9. The predicted molar refractivity (Wildman–Crippen MR) is 117 cm³/mol. The van der Waals surface area contributed by atoms with E-state index < -0.39 is 4.92 Å². The molecule has 0 spiro atoms. The number of anilines is 4. The zero-order valence-corrected chi connectivity index (χ0v) is 16.7. The van der Waals surface area contributed by atoms with Gasteiger partial charge in [-0.1, -0.05) is 18.2 Å². The standard InChI is InChI=1S/C21H18N6O4/c1-30-14-8-9-15(17(11-14)31-2)25-20-19(27(28)29)21(24-12-23-20)26-16-7-3-5-13-6-4-10-22-18(13)16/h3-12H,1-2H3,(H2,23,24,25,26). The SMILES string of the molecule is COc1ccc(Nc2ncnc(Nc3cccc4cccnc34)c2[N+](=O)[O-])c(OC)c1. The lowest BCUT2D eigenvalue weighted by Gasteiger charge is -2.13. The van der Waals surface area contributed by atoms with Gasteiger partial charge in [0.05, 0.1) is 36.0 Å². The number of para-hydroxylation sites is 1. The molecule has 10 heteroatoms. The number of ether oxygens (including phenoxy) is 2. The fourth-order valence-corrected chi connectivity index (χ4v) is 3.10. The van der Waals surface area contributed by atoms with Crippen LogP contribution in [0, 0.1) is 10.1 Å². The Morgan fingerprint density at radius 1 is 0.903 bits per heavy atom. The van der Waals surface area contributed by atoms with Crippen LogP contribution in [-0.4, -0.2) is 34.1 Å². The normalized spacial score (nSPS) is 10.5. The highest BCUT2D eigenvalue weighted by Gasteiger charge is 2.24. The molecule has 0 unspecified atom stereocenters. The maximum atomic E-state index is 11.9. The van der Waals surface area contributed by atoms with Crippen LogP contribution in [0.2, 0.25) is 0 Å². The van der Waals surface area contributed by atoms with Crippen LogP contribution in [-0.2, 0) is 0 Å². The summed E-state index contributed by atoms with van der Waals surface area (Å²) in [7, 11) is 3.03. The molecule has 10 nitrogen and oxygen atoms in total. The largest absolute Gasteiger partial charge is 0.497 e. The maximum Gasteiger partial charge on any atom is 0.353 e. The summed E-state index contributed by atoms with van der Waals surface area (Å²) in [6.07, 6.45) is 2.90. The highest BCUT2D eigenvalue weighted by molar-refractivity contribution is 5.93. The lowest BCUT2D eigenvalue weighted by molar-refractivity contribution is -0.383. The summed E-state index contributed by atoms with van der Waals surface area (Å²) in [5.74, 6) is 1.08. The molecule has 0 bridgehead atoms. The maximum absolute atomic E-state index is 11.9. The Balaban J connectivity index is 1.75. The Hall–Kier alpha value is -4.47. The Morgan fingerprint density at radius 2 is 1.65 bits per heavy atom. The topological polar surface area (TPSA) is 124 Å². The van der Waals surface area contributed by atoms with Gasteiger partial charge in [0.1, 0.15) is 17.8 Å². The van der Waals surface area contributed by atoms with E-state index >= 15 is 0 Å². The molecule has 156 valence electrons. The molecule has 0 fully saturated rings. The minimum absolute atomic E-state index is 0.0131. The molecule has 2 N–H and O–H groups in total. The van der Waals surface area contributed by atoms with Crippen LogP contribution in [0.15, 0.2) is 61.1 Å². The number of benzene rings is 2. The Kier molecular flexibility index (Phi) is 5.43. The van der Waals surface area contributed by atoms with Crippen LogP contribution in [0.1, 0.15) is 0 Å². The number of fused-ring (bicyclic) bond motifs is 1. The number of nitro groups is 1. The van der Waals surface area contributed by atoms with Crippen LogP contribution >= 0.6 is 0 Å². The monoisotopic (exact) mass is 418 g/mol. The number of nitrogens with zero attached hydrogens (tertiary/aromatic N) is 4. The third kappa shape index (κ3) is 3.99. The first-order valence-corrected chi connectivity index (χ1v) is 9.20. The second-order valence-corrected chi connectivity index (χ2v) is 6.37. The smallest absolute Gasteiger partial charge is 0.353 e. The van der Waals surface area contributed by atoms with E-state index in [1.165, 1.54) is 20.5 Å². The molecule has 0 aliphatic heterocycles. The number of methoxy groups -OCH3 is 2. The second-order valence-electron chi connectivity index (χ2n) is 6.37. The zero-order chi connectivity index (χ0) is 21.8. The molecule has 0 amide bonds. The van der Waals surface area contributed by atoms with Crippen LogP contribution in [0.5, 0.6) is 11.5 Å². The molecule has 31 heavy (non-hydrogen) atoms. The number of rotatable bonds is 7. The van der Waals surface area contributed by atoms with E-state index in [0.29, 0.717) is 28.4 Å². The van der Waals surface area contributed by atoms with Crippen LogP contribution in [0.3, 0.4) is 0 Å². The van der Waals surface area contributed by atoms with Gasteiger partial charge in [-0.15, -0.1) is 0 Å². The summed E-state index contributed by atoms with van der Waals surface area (Å²) in [5, 5.41) is 18.8. The van der Waals surface area contributed by atoms with Crippen molar-refractivity contribution in [3.05, 3.63) is 71.2 Å². The van der Waals surface area contributed by atoms with Gasteiger partial charge in [0.15, 0.2) is 0 Å². The number of aromatic nitrogens is 3. The van der Waals surface area contributed by atoms with Crippen LogP contribution in [0.4, 0.5) is 28.7 Å². The van der Waals surface area contributed by atoms with Crippen molar-refractivity contribution >= 4 is 39.6 Å². The third-order valence-corrected chi connectivity index (χ3v) is 4.55. The highest BCUT2D eigenvalue weighted by atomic mass is 16.6. The summed E-state index contributed by atoms with van der Waals surface area (Å²) < 4.78 is 10.5. The van der Waals surface area contributed by atoms with E-state index in [-0.39, 0.29) is 17.3 Å². The Morgan fingerprint density at radius 3 is 2.35 bits per heavy atom. The Bertz CT molecular complexity index is 1260. The number of hydrogen-bond donors (Lipinski definition) is 2. The van der Waals surface area contributed by atoms with Crippen molar-refractivity contribution in [3.8, 4) is 11.5 Å². The summed E-state index contributed by atoms with van der Waals surface area (Å²) in [6.45, 7) is 0. The van der Waals surface area contributed by atoms with Gasteiger partial charge < -0.3 is 20.1 Å². The van der Waals surface area contributed by atoms with E-state index in [2.05, 4.69) is 25.6 Å².